The van der Waals surface area contributed by atoms with Crippen LogP contribution in [0.25, 0.3) is 0 Å². The molecule has 6 heteroatoms. The van der Waals surface area contributed by atoms with Gasteiger partial charge in [-0.1, -0.05) is 6.42 Å². The largest absolute Gasteiger partial charge is 0.497 e. The summed E-state index contributed by atoms with van der Waals surface area (Å²) < 4.78 is 11.6. The molecular weight excluding hydrogens is 272 g/mol. The molecule has 0 radical (unpaired) electrons. The van der Waals surface area contributed by atoms with E-state index in [4.69, 9.17) is 9.47 Å². The first-order valence-corrected chi connectivity index (χ1v) is 7.28. The van der Waals surface area contributed by atoms with Crippen molar-refractivity contribution in [2.24, 2.45) is 5.92 Å². The van der Waals surface area contributed by atoms with Gasteiger partial charge in [0.1, 0.15) is 5.75 Å². The Morgan fingerprint density at radius 2 is 2.29 bits per heavy atom. The Kier molecular flexibility index (Phi) is 3.77. The van der Waals surface area contributed by atoms with E-state index in [0.717, 1.165) is 24.0 Å². The van der Waals surface area contributed by atoms with Crippen LogP contribution in [0.4, 0.5) is 5.69 Å². The number of fused-ring (bicyclic) bond motifs is 1. The van der Waals surface area contributed by atoms with Gasteiger partial charge < -0.3 is 14.8 Å². The maximum atomic E-state index is 12.1. The smallest absolute Gasteiger partial charge is 0.352 e. The molecular formula is C15H19N2O4+. The van der Waals surface area contributed by atoms with Crippen LogP contribution in [0.1, 0.15) is 25.7 Å². The number of methoxy groups -OCH3 is 1. The van der Waals surface area contributed by atoms with Gasteiger partial charge in [0.25, 0.3) is 0 Å². The summed E-state index contributed by atoms with van der Waals surface area (Å²) in [6.07, 6.45) is 2.96. The van der Waals surface area contributed by atoms with Crippen molar-refractivity contribution in [3.8, 4) is 11.5 Å². The van der Waals surface area contributed by atoms with Gasteiger partial charge in [0, 0.05) is 29.5 Å². The van der Waals surface area contributed by atoms with Crippen LogP contribution in [0, 0.1) is 10.8 Å². The molecule has 6 nitrogen and oxygen atoms in total. The van der Waals surface area contributed by atoms with Gasteiger partial charge in [0.15, 0.2) is 0 Å². The molecule has 0 spiro atoms. The molecule has 1 unspecified atom stereocenters. The quantitative estimate of drug-likeness (QED) is 0.844. The summed E-state index contributed by atoms with van der Waals surface area (Å²) in [5.74, 6) is 1.44. The van der Waals surface area contributed by atoms with Crippen LogP contribution in [-0.2, 0) is 4.79 Å². The number of carbonyl (C=O) groups is 1. The molecule has 2 aliphatic rings. The Morgan fingerprint density at radius 3 is 2.95 bits per heavy atom. The highest BCUT2D eigenvalue weighted by Crippen LogP contribution is 2.38. The number of ether oxygens (including phenoxy) is 2. The average molecular weight is 291 g/mol. The lowest BCUT2D eigenvalue weighted by molar-refractivity contribution is -0.529. The molecule has 1 saturated carbocycles. The Bertz CT molecular complexity index is 569. The van der Waals surface area contributed by atoms with Crippen LogP contribution in [0.2, 0.25) is 0 Å². The highest BCUT2D eigenvalue weighted by molar-refractivity contribution is 5.79. The molecule has 21 heavy (non-hydrogen) atoms. The third kappa shape index (κ3) is 2.70. The van der Waals surface area contributed by atoms with E-state index in [0.29, 0.717) is 30.2 Å². The third-order valence-electron chi connectivity index (χ3n) is 4.10. The summed E-state index contributed by atoms with van der Waals surface area (Å²) >= 11 is 0. The zero-order valence-electron chi connectivity index (χ0n) is 12.0. The summed E-state index contributed by atoms with van der Waals surface area (Å²) in [5, 5.41) is 2.87. The fraction of sp³-hybridized carbons (Fsp3) is 0.533. The Morgan fingerprint density at radius 1 is 1.48 bits per heavy atom. The van der Waals surface area contributed by atoms with Crippen LogP contribution in [0.3, 0.4) is 0 Å². The molecule has 1 atom stereocenters. The van der Waals surface area contributed by atoms with Crippen LogP contribution in [0.15, 0.2) is 18.2 Å². The molecule has 0 aromatic heterocycles. The van der Waals surface area contributed by atoms with Gasteiger partial charge >= 0.3 is 11.9 Å². The fourth-order valence-corrected chi connectivity index (χ4v) is 2.56. The van der Waals surface area contributed by atoms with Crippen LogP contribution >= 0.6 is 0 Å². The number of nitrogens with one attached hydrogen (secondary N) is 1. The molecule has 1 N–H and O–H groups in total. The SMILES string of the molecule is COc1ccc2c(c1)OC(CCNC(=O)C1CCC1)[N+]2=O. The lowest BCUT2D eigenvalue weighted by Crippen LogP contribution is -2.37. The minimum atomic E-state index is -0.589. The summed E-state index contributed by atoms with van der Waals surface area (Å²) in [6, 6.07) is 5.12. The normalized spacial score (nSPS) is 20.4. The molecule has 1 aromatic carbocycles. The summed E-state index contributed by atoms with van der Waals surface area (Å²) in [4.78, 5) is 23.8. The number of benzene rings is 1. The van der Waals surface area contributed by atoms with E-state index in [-0.39, 0.29) is 11.8 Å². The summed E-state index contributed by atoms with van der Waals surface area (Å²) in [5.41, 5.74) is 0.506. The predicted octanol–water partition coefficient (Wildman–Crippen LogP) is 2.13. The highest BCUT2D eigenvalue weighted by atomic mass is 16.5. The van der Waals surface area contributed by atoms with Gasteiger partial charge in [0.05, 0.1) is 18.3 Å². The molecule has 1 aliphatic heterocycles. The van der Waals surface area contributed by atoms with Crippen molar-refractivity contribution >= 4 is 11.6 Å². The number of rotatable bonds is 5. The van der Waals surface area contributed by atoms with E-state index < -0.39 is 6.23 Å². The number of hydrogen-bond acceptors (Lipinski definition) is 4. The van der Waals surface area contributed by atoms with Crippen molar-refractivity contribution in [3.05, 3.63) is 23.1 Å². The second-order valence-corrected chi connectivity index (χ2v) is 5.44. The van der Waals surface area contributed by atoms with Crippen molar-refractivity contribution in [1.82, 2.24) is 5.32 Å². The minimum absolute atomic E-state index is 0.0934. The number of hydrogen-bond donors (Lipinski definition) is 1. The van der Waals surface area contributed by atoms with E-state index >= 15 is 0 Å². The predicted molar refractivity (Wildman–Crippen MR) is 75.7 cm³/mol. The van der Waals surface area contributed by atoms with Crippen LogP contribution < -0.4 is 14.8 Å². The van der Waals surface area contributed by atoms with Crippen LogP contribution in [-0.4, -0.2) is 30.5 Å². The Hall–Kier alpha value is -2.11. The topological polar surface area (TPSA) is 67.6 Å². The number of carbonyl (C=O) groups excluding carboxylic acids is 1. The molecule has 1 heterocycles. The van der Waals surface area contributed by atoms with Crippen molar-refractivity contribution in [2.75, 3.05) is 13.7 Å². The van der Waals surface area contributed by atoms with E-state index in [1.54, 1.807) is 25.3 Å². The Labute approximate surface area is 123 Å². The van der Waals surface area contributed by atoms with Crippen molar-refractivity contribution in [2.45, 2.75) is 31.9 Å². The number of nitroso groups, excluding NO2 is 1. The number of amides is 1. The summed E-state index contributed by atoms with van der Waals surface area (Å²) in [6.45, 7) is 0.448. The van der Waals surface area contributed by atoms with E-state index in [1.807, 2.05) is 0 Å². The van der Waals surface area contributed by atoms with Crippen LogP contribution in [0.5, 0.6) is 11.5 Å². The standard InChI is InChI=1S/C15H18N2O4/c1-20-11-5-6-12-13(9-11)21-14(17(12)19)7-8-16-15(18)10-3-2-4-10/h5-6,9-10,14H,2-4,7-8H2,1H3/p+1. The monoisotopic (exact) mass is 291 g/mol. The van der Waals surface area contributed by atoms with Crippen molar-refractivity contribution in [3.63, 3.8) is 0 Å². The first-order valence-electron chi connectivity index (χ1n) is 7.28. The number of nitrogens with zero attached hydrogens (tertiary/aromatic N) is 1. The second-order valence-electron chi connectivity index (χ2n) is 5.44. The molecule has 1 fully saturated rings. The van der Waals surface area contributed by atoms with Crippen molar-refractivity contribution in [1.29, 1.82) is 0 Å². The van der Waals surface area contributed by atoms with Gasteiger partial charge in [-0.2, -0.15) is 0 Å². The van der Waals surface area contributed by atoms with Gasteiger partial charge in [-0.15, -0.1) is 0 Å². The lowest BCUT2D eigenvalue weighted by atomic mass is 9.85. The van der Waals surface area contributed by atoms with E-state index in [9.17, 15) is 9.70 Å². The zero-order chi connectivity index (χ0) is 14.8. The van der Waals surface area contributed by atoms with E-state index in [2.05, 4.69) is 5.32 Å². The molecule has 3 rings (SSSR count). The fourth-order valence-electron chi connectivity index (χ4n) is 2.56. The molecule has 1 aliphatic carbocycles. The third-order valence-corrected chi connectivity index (χ3v) is 4.10. The lowest BCUT2D eigenvalue weighted by Gasteiger charge is -2.23. The van der Waals surface area contributed by atoms with Gasteiger partial charge in [0.2, 0.25) is 11.7 Å². The maximum absolute atomic E-state index is 12.1. The molecule has 1 aromatic rings. The highest BCUT2D eigenvalue weighted by Gasteiger charge is 2.40. The second kappa shape index (κ2) is 5.71. The van der Waals surface area contributed by atoms with Gasteiger partial charge in [-0.3, -0.25) is 4.79 Å². The zero-order valence-corrected chi connectivity index (χ0v) is 12.0. The average Bonchev–Trinajstić information content (AvgIpc) is 2.73. The first-order chi connectivity index (χ1) is 10.2. The molecule has 1 amide bonds. The van der Waals surface area contributed by atoms with Gasteiger partial charge in [-0.25, -0.2) is 0 Å². The first kappa shape index (κ1) is 13.9. The molecule has 112 valence electrons. The van der Waals surface area contributed by atoms with Crippen molar-refractivity contribution < 1.29 is 19.0 Å². The van der Waals surface area contributed by atoms with E-state index in [1.165, 1.54) is 0 Å². The maximum Gasteiger partial charge on any atom is 0.352 e. The Balaban J connectivity index is 1.53. The molecule has 0 saturated heterocycles. The minimum Gasteiger partial charge on any atom is -0.497 e. The molecule has 0 bridgehead atoms. The van der Waals surface area contributed by atoms with Gasteiger partial charge in [-0.05, 0) is 18.9 Å². The summed E-state index contributed by atoms with van der Waals surface area (Å²) in [7, 11) is 1.57.